The van der Waals surface area contributed by atoms with E-state index in [0.29, 0.717) is 5.92 Å². The van der Waals surface area contributed by atoms with Crippen LogP contribution in [0.5, 0.6) is 0 Å². The molecule has 2 nitrogen and oxygen atoms in total. The average Bonchev–Trinajstić information content (AvgIpc) is 2.17. The first-order valence-corrected chi connectivity index (χ1v) is 4.84. The molecule has 0 aromatic carbocycles. The Bertz CT molecular complexity index is 228. The van der Waals surface area contributed by atoms with Crippen LogP contribution in [0.1, 0.15) is 26.7 Å². The van der Waals surface area contributed by atoms with E-state index < -0.39 is 0 Å². The zero-order valence-corrected chi connectivity index (χ0v) is 8.71. The topological polar surface area (TPSA) is 35.2 Å². The molecule has 0 aromatic rings. The fourth-order valence-electron chi connectivity index (χ4n) is 1.52. The minimum Gasteiger partial charge on any atom is -0.501 e. The molecule has 2 heteroatoms. The zero-order valence-electron chi connectivity index (χ0n) is 8.71. The van der Waals surface area contributed by atoms with Crippen molar-refractivity contribution >= 4 is 0 Å². The summed E-state index contributed by atoms with van der Waals surface area (Å²) >= 11 is 0. The second kappa shape index (κ2) is 4.47. The van der Waals surface area contributed by atoms with Crippen LogP contribution in [0.15, 0.2) is 23.5 Å². The quantitative estimate of drug-likeness (QED) is 0.724. The Morgan fingerprint density at radius 3 is 2.38 bits per heavy atom. The lowest BCUT2D eigenvalue weighted by Gasteiger charge is -2.22. The van der Waals surface area contributed by atoms with Crippen LogP contribution in [0.2, 0.25) is 0 Å². The Balaban J connectivity index is 2.64. The summed E-state index contributed by atoms with van der Waals surface area (Å²) in [6.45, 7) is 4.24. The van der Waals surface area contributed by atoms with Gasteiger partial charge in [-0.25, -0.2) is 0 Å². The van der Waals surface area contributed by atoms with Gasteiger partial charge in [0.1, 0.15) is 0 Å². The molecule has 13 heavy (non-hydrogen) atoms. The highest BCUT2D eigenvalue weighted by Gasteiger charge is 2.15. The highest BCUT2D eigenvalue weighted by atomic mass is 16.5. The van der Waals surface area contributed by atoms with E-state index in [9.17, 15) is 0 Å². The van der Waals surface area contributed by atoms with Gasteiger partial charge in [0.2, 0.25) is 0 Å². The summed E-state index contributed by atoms with van der Waals surface area (Å²) in [5, 5.41) is 0. The maximum Gasteiger partial charge on any atom is 0.0958 e. The van der Waals surface area contributed by atoms with E-state index in [1.807, 2.05) is 0 Å². The molecule has 2 atom stereocenters. The molecule has 1 aliphatic carbocycles. The van der Waals surface area contributed by atoms with Crippen LogP contribution in [0.3, 0.4) is 0 Å². The summed E-state index contributed by atoms with van der Waals surface area (Å²) < 4.78 is 5.16. The predicted octanol–water partition coefficient (Wildman–Crippen LogP) is 2.22. The van der Waals surface area contributed by atoms with E-state index in [0.717, 1.165) is 18.6 Å². The second-order valence-electron chi connectivity index (χ2n) is 3.73. The highest BCUT2D eigenvalue weighted by molar-refractivity contribution is 5.23. The first-order valence-electron chi connectivity index (χ1n) is 4.84. The third-order valence-electron chi connectivity index (χ3n) is 2.78. The lowest BCUT2D eigenvalue weighted by Crippen LogP contribution is -2.26. The molecule has 0 saturated heterocycles. The molecule has 1 unspecified atom stereocenters. The Kier molecular flexibility index (Phi) is 3.55. The summed E-state index contributed by atoms with van der Waals surface area (Å²) in [5.41, 5.74) is 7.28. The van der Waals surface area contributed by atoms with Crippen molar-refractivity contribution in [2.24, 2.45) is 11.7 Å². The molecule has 74 valence electrons. The van der Waals surface area contributed by atoms with Crippen LogP contribution in [0.4, 0.5) is 0 Å². The van der Waals surface area contributed by atoms with E-state index in [1.165, 1.54) is 5.57 Å². The van der Waals surface area contributed by atoms with Crippen LogP contribution in [0, 0.1) is 5.92 Å². The summed E-state index contributed by atoms with van der Waals surface area (Å²) in [6, 6.07) is 0.240. The Hall–Kier alpha value is -0.760. The van der Waals surface area contributed by atoms with Crippen LogP contribution < -0.4 is 5.73 Å². The van der Waals surface area contributed by atoms with Gasteiger partial charge >= 0.3 is 0 Å². The second-order valence-corrected chi connectivity index (χ2v) is 3.73. The standard InChI is InChI=1S/C11H19NO/c1-8(9(2)12)10-4-6-11(13-3)7-5-10/h4,6,8-9H,5,7,12H2,1-3H3/t8-,9?/m1/s1. The van der Waals surface area contributed by atoms with Gasteiger partial charge in [0, 0.05) is 12.5 Å². The van der Waals surface area contributed by atoms with Crippen molar-refractivity contribution in [3.63, 3.8) is 0 Å². The number of ether oxygens (including phenoxy) is 1. The van der Waals surface area contributed by atoms with E-state index in [4.69, 9.17) is 10.5 Å². The fourth-order valence-corrected chi connectivity index (χ4v) is 1.52. The van der Waals surface area contributed by atoms with Crippen molar-refractivity contribution in [3.05, 3.63) is 23.5 Å². The van der Waals surface area contributed by atoms with Gasteiger partial charge in [-0.05, 0) is 25.3 Å². The predicted molar refractivity (Wildman–Crippen MR) is 55.2 cm³/mol. The maximum atomic E-state index is 5.84. The number of allylic oxidation sites excluding steroid dienone is 3. The van der Waals surface area contributed by atoms with Crippen LogP contribution >= 0.6 is 0 Å². The van der Waals surface area contributed by atoms with Crippen molar-refractivity contribution in [1.29, 1.82) is 0 Å². The van der Waals surface area contributed by atoms with Crippen molar-refractivity contribution in [2.45, 2.75) is 32.7 Å². The molecular formula is C11H19NO. The molecule has 0 saturated carbocycles. The molecule has 0 spiro atoms. The van der Waals surface area contributed by atoms with Gasteiger partial charge in [-0.2, -0.15) is 0 Å². The molecule has 0 amide bonds. The molecular weight excluding hydrogens is 162 g/mol. The fraction of sp³-hybridized carbons (Fsp3) is 0.636. The van der Waals surface area contributed by atoms with Gasteiger partial charge < -0.3 is 10.5 Å². The largest absolute Gasteiger partial charge is 0.501 e. The molecule has 0 fully saturated rings. The summed E-state index contributed by atoms with van der Waals surface area (Å²) in [7, 11) is 1.72. The minimum atomic E-state index is 0.240. The Morgan fingerprint density at radius 2 is 2.00 bits per heavy atom. The maximum absolute atomic E-state index is 5.84. The van der Waals surface area contributed by atoms with Crippen molar-refractivity contribution in [3.8, 4) is 0 Å². The lowest BCUT2D eigenvalue weighted by atomic mass is 9.88. The van der Waals surface area contributed by atoms with Gasteiger partial charge in [-0.15, -0.1) is 0 Å². The molecule has 1 aliphatic rings. The first kappa shape index (κ1) is 10.3. The van der Waals surface area contributed by atoms with Gasteiger partial charge in [0.05, 0.1) is 12.9 Å². The highest BCUT2D eigenvalue weighted by Crippen LogP contribution is 2.25. The third-order valence-corrected chi connectivity index (χ3v) is 2.78. The number of nitrogens with two attached hydrogens (primary N) is 1. The van der Waals surface area contributed by atoms with E-state index in [-0.39, 0.29) is 6.04 Å². The summed E-state index contributed by atoms with van der Waals surface area (Å²) in [4.78, 5) is 0. The van der Waals surface area contributed by atoms with E-state index >= 15 is 0 Å². The molecule has 2 N–H and O–H groups in total. The smallest absolute Gasteiger partial charge is 0.0958 e. The Labute approximate surface area is 80.5 Å². The number of rotatable bonds is 3. The summed E-state index contributed by atoms with van der Waals surface area (Å²) in [5.74, 6) is 1.55. The number of hydrogen-bond donors (Lipinski definition) is 1. The first-order chi connectivity index (χ1) is 6.15. The van der Waals surface area contributed by atoms with Crippen molar-refractivity contribution in [1.82, 2.24) is 0 Å². The molecule has 1 rings (SSSR count). The van der Waals surface area contributed by atoms with Gasteiger partial charge in [0.25, 0.3) is 0 Å². The number of methoxy groups -OCH3 is 1. The van der Waals surface area contributed by atoms with Crippen LogP contribution in [-0.4, -0.2) is 13.2 Å². The SMILES string of the molecule is COC1=CC=C([C@H](C)C(C)N)CC1. The lowest BCUT2D eigenvalue weighted by molar-refractivity contribution is 0.274. The van der Waals surface area contributed by atoms with Gasteiger partial charge in [-0.3, -0.25) is 0 Å². The molecule has 0 aliphatic heterocycles. The molecule has 0 heterocycles. The van der Waals surface area contributed by atoms with Gasteiger partial charge in [0.15, 0.2) is 0 Å². The van der Waals surface area contributed by atoms with Crippen LogP contribution in [0.25, 0.3) is 0 Å². The molecule has 0 bridgehead atoms. The minimum absolute atomic E-state index is 0.240. The van der Waals surface area contributed by atoms with Crippen molar-refractivity contribution in [2.75, 3.05) is 7.11 Å². The normalized spacial score (nSPS) is 21.5. The summed E-state index contributed by atoms with van der Waals surface area (Å²) in [6.07, 6.45) is 6.30. The van der Waals surface area contributed by atoms with Crippen LogP contribution in [-0.2, 0) is 4.74 Å². The molecule has 0 aromatic heterocycles. The average molecular weight is 181 g/mol. The van der Waals surface area contributed by atoms with Crippen molar-refractivity contribution < 1.29 is 4.74 Å². The third kappa shape index (κ3) is 2.59. The van der Waals surface area contributed by atoms with E-state index in [2.05, 4.69) is 26.0 Å². The monoisotopic (exact) mass is 181 g/mol. The molecule has 0 radical (unpaired) electrons. The number of hydrogen-bond acceptors (Lipinski definition) is 2. The van der Waals surface area contributed by atoms with E-state index in [1.54, 1.807) is 7.11 Å². The Morgan fingerprint density at radius 1 is 1.31 bits per heavy atom. The van der Waals surface area contributed by atoms with Gasteiger partial charge in [-0.1, -0.05) is 18.6 Å². The zero-order chi connectivity index (χ0) is 9.84.